The number of hydrogen-bond donors (Lipinski definition) is 1. The number of nitrogens with zero attached hydrogens (tertiary/aromatic N) is 1. The molecular formula is C11H22N2OS. The predicted molar refractivity (Wildman–Crippen MR) is 65.9 cm³/mol. The molecule has 88 valence electrons. The van der Waals surface area contributed by atoms with Crippen LogP contribution < -0.4 is 5.32 Å². The summed E-state index contributed by atoms with van der Waals surface area (Å²) in [5, 5.41) is 3.36. The van der Waals surface area contributed by atoms with E-state index in [9.17, 15) is 4.79 Å². The zero-order chi connectivity index (χ0) is 11.6. The van der Waals surface area contributed by atoms with Gasteiger partial charge in [-0.1, -0.05) is 13.8 Å². The summed E-state index contributed by atoms with van der Waals surface area (Å²) in [5.74, 6) is 1.71. The number of rotatable bonds is 4. The van der Waals surface area contributed by atoms with Crippen LogP contribution in [0.4, 0.5) is 0 Å². The Morgan fingerprint density at radius 3 is 2.53 bits per heavy atom. The van der Waals surface area contributed by atoms with Crippen LogP contribution >= 0.6 is 11.8 Å². The third kappa shape index (κ3) is 2.67. The first-order chi connectivity index (χ1) is 6.99. The molecule has 3 nitrogen and oxygen atoms in total. The minimum atomic E-state index is -0.0262. The Balaban J connectivity index is 2.76. The Hall–Kier alpha value is -0.220. The molecule has 0 bridgehead atoms. The maximum Gasteiger partial charge on any atom is 0.241 e. The van der Waals surface area contributed by atoms with Crippen LogP contribution in [0.3, 0.4) is 0 Å². The zero-order valence-electron chi connectivity index (χ0n) is 10.3. The molecular weight excluding hydrogens is 208 g/mol. The van der Waals surface area contributed by atoms with Crippen LogP contribution in [0.5, 0.6) is 0 Å². The van der Waals surface area contributed by atoms with Crippen molar-refractivity contribution in [2.45, 2.75) is 45.9 Å². The van der Waals surface area contributed by atoms with Crippen LogP contribution in [-0.4, -0.2) is 41.1 Å². The largest absolute Gasteiger partial charge is 0.322 e. The second kappa shape index (κ2) is 5.21. The molecule has 1 amide bonds. The molecule has 0 aromatic rings. The van der Waals surface area contributed by atoms with E-state index in [1.807, 2.05) is 11.8 Å². The second-order valence-electron chi connectivity index (χ2n) is 4.63. The maximum atomic E-state index is 12.0. The lowest BCUT2D eigenvalue weighted by Crippen LogP contribution is -2.47. The van der Waals surface area contributed by atoms with Gasteiger partial charge in [0.2, 0.25) is 5.91 Å². The lowest BCUT2D eigenvalue weighted by atomic mass is 10.1. The van der Waals surface area contributed by atoms with Crippen molar-refractivity contribution in [3.63, 3.8) is 0 Å². The maximum absolute atomic E-state index is 12.0. The molecule has 1 aliphatic rings. The van der Waals surface area contributed by atoms with Gasteiger partial charge in [-0.2, -0.15) is 11.8 Å². The molecule has 0 spiro atoms. The monoisotopic (exact) mass is 230 g/mol. The van der Waals surface area contributed by atoms with E-state index in [2.05, 4.69) is 32.3 Å². The van der Waals surface area contributed by atoms with Gasteiger partial charge in [0.1, 0.15) is 0 Å². The highest BCUT2D eigenvalue weighted by molar-refractivity contribution is 7.98. The Labute approximate surface area is 97.0 Å². The fraction of sp³-hybridized carbons (Fsp3) is 0.909. The van der Waals surface area contributed by atoms with Gasteiger partial charge in [-0.3, -0.25) is 10.1 Å². The second-order valence-corrected chi connectivity index (χ2v) is 5.54. The molecule has 1 saturated heterocycles. The molecule has 3 atom stereocenters. The van der Waals surface area contributed by atoms with Gasteiger partial charge in [-0.05, 0) is 26.0 Å². The van der Waals surface area contributed by atoms with E-state index in [1.54, 1.807) is 11.8 Å². The third-order valence-electron chi connectivity index (χ3n) is 2.86. The van der Waals surface area contributed by atoms with E-state index >= 15 is 0 Å². The summed E-state index contributed by atoms with van der Waals surface area (Å²) in [6.45, 7) is 8.39. The summed E-state index contributed by atoms with van der Waals surface area (Å²) in [5.41, 5.74) is 0. The smallest absolute Gasteiger partial charge is 0.241 e. The van der Waals surface area contributed by atoms with E-state index < -0.39 is 0 Å². The highest BCUT2D eigenvalue weighted by Gasteiger charge is 2.39. The highest BCUT2D eigenvalue weighted by Crippen LogP contribution is 2.21. The SMILES string of the molecule is CSCC(C)N1C(=O)C(C)NC1C(C)C. The summed E-state index contributed by atoms with van der Waals surface area (Å²) in [4.78, 5) is 14.0. The number of thioether (sulfide) groups is 1. The molecule has 1 aliphatic heterocycles. The topological polar surface area (TPSA) is 32.3 Å². The predicted octanol–water partition coefficient (Wildman–Crippen LogP) is 1.54. The summed E-state index contributed by atoms with van der Waals surface area (Å²) in [6.07, 6.45) is 2.29. The first-order valence-corrected chi connectivity index (χ1v) is 6.95. The molecule has 0 radical (unpaired) electrons. The van der Waals surface area contributed by atoms with Crippen LogP contribution in [0.2, 0.25) is 0 Å². The minimum absolute atomic E-state index is 0.0262. The molecule has 1 N–H and O–H groups in total. The number of carbonyl (C=O) groups excluding carboxylic acids is 1. The molecule has 0 aliphatic carbocycles. The fourth-order valence-electron chi connectivity index (χ4n) is 2.09. The number of carbonyl (C=O) groups is 1. The Bertz CT molecular complexity index is 233. The molecule has 1 heterocycles. The normalized spacial score (nSPS) is 28.9. The molecule has 15 heavy (non-hydrogen) atoms. The Morgan fingerprint density at radius 1 is 1.47 bits per heavy atom. The first kappa shape index (κ1) is 12.8. The standard InChI is InChI=1S/C11H22N2OS/c1-7(2)10-12-9(4)11(14)13(10)8(3)6-15-5/h7-10,12H,6H2,1-5H3. The zero-order valence-corrected chi connectivity index (χ0v) is 11.1. The molecule has 3 unspecified atom stereocenters. The average Bonchev–Trinajstić information content (AvgIpc) is 2.44. The van der Waals surface area contributed by atoms with Crippen molar-refractivity contribution >= 4 is 17.7 Å². The van der Waals surface area contributed by atoms with E-state index in [4.69, 9.17) is 0 Å². The van der Waals surface area contributed by atoms with Crippen LogP contribution in [0.25, 0.3) is 0 Å². The van der Waals surface area contributed by atoms with E-state index in [0.29, 0.717) is 12.0 Å². The van der Waals surface area contributed by atoms with Gasteiger partial charge in [0.15, 0.2) is 0 Å². The van der Waals surface area contributed by atoms with Gasteiger partial charge in [0, 0.05) is 11.8 Å². The fourth-order valence-corrected chi connectivity index (χ4v) is 2.74. The quantitative estimate of drug-likeness (QED) is 0.795. The number of nitrogens with one attached hydrogen (secondary N) is 1. The van der Waals surface area contributed by atoms with Crippen molar-refractivity contribution in [2.24, 2.45) is 5.92 Å². The van der Waals surface area contributed by atoms with Crippen LogP contribution in [0.1, 0.15) is 27.7 Å². The lowest BCUT2D eigenvalue weighted by Gasteiger charge is -2.32. The average molecular weight is 230 g/mol. The number of amides is 1. The summed E-state index contributed by atoms with van der Waals surface area (Å²) in [6, 6.07) is 0.291. The van der Waals surface area contributed by atoms with Crippen LogP contribution in [0, 0.1) is 5.92 Å². The van der Waals surface area contributed by atoms with Gasteiger partial charge in [0.05, 0.1) is 12.2 Å². The highest BCUT2D eigenvalue weighted by atomic mass is 32.2. The van der Waals surface area contributed by atoms with Gasteiger partial charge >= 0.3 is 0 Å². The van der Waals surface area contributed by atoms with Crippen LogP contribution in [-0.2, 0) is 4.79 Å². The summed E-state index contributed by atoms with van der Waals surface area (Å²) >= 11 is 1.79. The van der Waals surface area contributed by atoms with E-state index in [-0.39, 0.29) is 18.1 Å². The summed E-state index contributed by atoms with van der Waals surface area (Å²) < 4.78 is 0. The van der Waals surface area contributed by atoms with Crippen molar-refractivity contribution in [1.82, 2.24) is 10.2 Å². The molecule has 1 fully saturated rings. The molecule has 0 aromatic heterocycles. The summed E-state index contributed by atoms with van der Waals surface area (Å²) in [7, 11) is 0. The number of hydrogen-bond acceptors (Lipinski definition) is 3. The van der Waals surface area contributed by atoms with E-state index in [0.717, 1.165) is 5.75 Å². The molecule has 1 rings (SSSR count). The van der Waals surface area contributed by atoms with Crippen molar-refractivity contribution in [1.29, 1.82) is 0 Å². The van der Waals surface area contributed by atoms with Gasteiger partial charge in [-0.25, -0.2) is 0 Å². The van der Waals surface area contributed by atoms with Crippen molar-refractivity contribution < 1.29 is 4.79 Å². The molecule has 0 aromatic carbocycles. The van der Waals surface area contributed by atoms with Crippen molar-refractivity contribution in [3.05, 3.63) is 0 Å². The Morgan fingerprint density at radius 2 is 2.07 bits per heavy atom. The van der Waals surface area contributed by atoms with E-state index in [1.165, 1.54) is 0 Å². The van der Waals surface area contributed by atoms with Gasteiger partial charge < -0.3 is 4.90 Å². The third-order valence-corrected chi connectivity index (χ3v) is 3.68. The molecule has 0 saturated carbocycles. The lowest BCUT2D eigenvalue weighted by molar-refractivity contribution is -0.131. The minimum Gasteiger partial charge on any atom is -0.322 e. The Kier molecular flexibility index (Phi) is 4.46. The van der Waals surface area contributed by atoms with Gasteiger partial charge in [0.25, 0.3) is 0 Å². The van der Waals surface area contributed by atoms with Gasteiger partial charge in [-0.15, -0.1) is 0 Å². The van der Waals surface area contributed by atoms with Crippen LogP contribution in [0.15, 0.2) is 0 Å². The first-order valence-electron chi connectivity index (χ1n) is 5.56. The molecule has 4 heteroatoms. The van der Waals surface area contributed by atoms with Crippen molar-refractivity contribution in [3.8, 4) is 0 Å². The van der Waals surface area contributed by atoms with Crippen molar-refractivity contribution in [2.75, 3.05) is 12.0 Å².